The van der Waals surface area contributed by atoms with Crippen molar-refractivity contribution in [3.8, 4) is 0 Å². The van der Waals surface area contributed by atoms with E-state index in [1.165, 1.54) is 0 Å². The van der Waals surface area contributed by atoms with Crippen LogP contribution in [-0.2, 0) is 15.1 Å². The third kappa shape index (κ3) is 3.92. The van der Waals surface area contributed by atoms with E-state index in [4.69, 9.17) is 10.5 Å². The first-order valence-electron chi connectivity index (χ1n) is 6.01. The van der Waals surface area contributed by atoms with Crippen molar-refractivity contribution in [2.75, 3.05) is 19.8 Å². The molecule has 0 aromatic heterocycles. The zero-order valence-electron chi connectivity index (χ0n) is 10.5. The molecule has 1 aliphatic rings. The number of carbonyl (C=O) groups is 1. The molecule has 0 saturated carbocycles. The molecule has 106 valence electrons. The molecule has 1 saturated heterocycles. The Morgan fingerprint density at radius 1 is 1.32 bits per heavy atom. The lowest BCUT2D eigenvalue weighted by Crippen LogP contribution is -2.51. The summed E-state index contributed by atoms with van der Waals surface area (Å²) >= 11 is 3.42. The third-order valence-corrected chi connectivity index (χ3v) is 3.84. The predicted octanol–water partition coefficient (Wildman–Crippen LogP) is 1.95. The summed E-state index contributed by atoms with van der Waals surface area (Å²) in [5.41, 5.74) is 6.17. The monoisotopic (exact) mass is 348 g/mol. The topological polar surface area (TPSA) is 64.4 Å². The van der Waals surface area contributed by atoms with Gasteiger partial charge >= 0.3 is 0 Å². The summed E-state index contributed by atoms with van der Waals surface area (Å²) in [6.45, 7) is 1.32. The second-order valence-corrected chi connectivity index (χ2v) is 5.37. The van der Waals surface area contributed by atoms with E-state index in [0.717, 1.165) is 22.9 Å². The second kappa shape index (κ2) is 7.24. The molecule has 4 nitrogen and oxygen atoms in total. The fourth-order valence-electron chi connectivity index (χ4n) is 2.29. The maximum absolute atomic E-state index is 11.6. The van der Waals surface area contributed by atoms with Gasteiger partial charge < -0.3 is 15.8 Å². The highest BCUT2D eigenvalue weighted by atomic mass is 79.9. The molecule has 1 amide bonds. The minimum Gasteiger partial charge on any atom is -0.381 e. The quantitative estimate of drug-likeness (QED) is 0.876. The van der Waals surface area contributed by atoms with Crippen molar-refractivity contribution in [2.45, 2.75) is 18.4 Å². The summed E-state index contributed by atoms with van der Waals surface area (Å²) in [5, 5.41) is 3.06. The number of carbonyl (C=O) groups excluding carboxylic acids is 1. The molecule has 0 unspecified atom stereocenters. The standard InChI is InChI=1S/C13H17BrN2O2.ClH/c14-11-3-1-10(2-4-11)13(16-12(17)9-15)5-7-18-8-6-13;/h1-4H,5-9,15H2,(H,16,17);1H. The van der Waals surface area contributed by atoms with Crippen LogP contribution in [0.3, 0.4) is 0 Å². The molecule has 3 N–H and O–H groups in total. The van der Waals surface area contributed by atoms with Gasteiger partial charge in [0.15, 0.2) is 0 Å². The number of amides is 1. The van der Waals surface area contributed by atoms with Gasteiger partial charge in [-0.2, -0.15) is 0 Å². The predicted molar refractivity (Wildman–Crippen MR) is 80.3 cm³/mol. The Labute approximate surface area is 127 Å². The number of hydrogen-bond donors (Lipinski definition) is 2. The Balaban J connectivity index is 0.00000180. The highest BCUT2D eigenvalue weighted by Gasteiger charge is 2.35. The number of hydrogen-bond acceptors (Lipinski definition) is 3. The van der Waals surface area contributed by atoms with Crippen molar-refractivity contribution in [3.05, 3.63) is 34.3 Å². The van der Waals surface area contributed by atoms with Crippen LogP contribution in [0.15, 0.2) is 28.7 Å². The lowest BCUT2D eigenvalue weighted by Gasteiger charge is -2.38. The summed E-state index contributed by atoms with van der Waals surface area (Å²) in [7, 11) is 0. The van der Waals surface area contributed by atoms with Gasteiger partial charge in [0.2, 0.25) is 5.91 Å². The first kappa shape index (κ1) is 16.4. The van der Waals surface area contributed by atoms with Gasteiger partial charge in [-0.3, -0.25) is 4.79 Å². The highest BCUT2D eigenvalue weighted by Crippen LogP contribution is 2.32. The number of rotatable bonds is 3. The number of ether oxygens (including phenoxy) is 1. The number of nitrogens with one attached hydrogen (secondary N) is 1. The van der Waals surface area contributed by atoms with Gasteiger partial charge in [0, 0.05) is 17.7 Å². The first-order valence-corrected chi connectivity index (χ1v) is 6.80. The molecule has 1 aromatic rings. The van der Waals surface area contributed by atoms with E-state index >= 15 is 0 Å². The zero-order chi connectivity index (χ0) is 13.0. The van der Waals surface area contributed by atoms with E-state index in [1.54, 1.807) is 0 Å². The van der Waals surface area contributed by atoms with E-state index < -0.39 is 0 Å². The maximum Gasteiger partial charge on any atom is 0.234 e. The van der Waals surface area contributed by atoms with Gasteiger partial charge in [0.25, 0.3) is 0 Å². The van der Waals surface area contributed by atoms with E-state index in [-0.39, 0.29) is 30.4 Å². The Morgan fingerprint density at radius 2 is 1.89 bits per heavy atom. The van der Waals surface area contributed by atoms with Gasteiger partial charge in [-0.1, -0.05) is 28.1 Å². The van der Waals surface area contributed by atoms with Crippen LogP contribution in [0.25, 0.3) is 0 Å². The maximum atomic E-state index is 11.6. The fraction of sp³-hybridized carbons (Fsp3) is 0.462. The molecular weight excluding hydrogens is 332 g/mol. The molecule has 1 fully saturated rings. The molecule has 0 aliphatic carbocycles. The van der Waals surface area contributed by atoms with Crippen LogP contribution in [0.1, 0.15) is 18.4 Å². The lowest BCUT2D eigenvalue weighted by molar-refractivity contribution is -0.123. The number of nitrogens with two attached hydrogens (primary N) is 1. The van der Waals surface area contributed by atoms with Crippen LogP contribution in [-0.4, -0.2) is 25.7 Å². The van der Waals surface area contributed by atoms with Crippen LogP contribution in [0.2, 0.25) is 0 Å². The molecule has 1 heterocycles. The van der Waals surface area contributed by atoms with Gasteiger partial charge in [-0.15, -0.1) is 12.4 Å². The molecule has 2 rings (SSSR count). The van der Waals surface area contributed by atoms with Gasteiger partial charge in [-0.25, -0.2) is 0 Å². The van der Waals surface area contributed by atoms with E-state index in [9.17, 15) is 4.79 Å². The average Bonchev–Trinajstić information content (AvgIpc) is 2.40. The summed E-state index contributed by atoms with van der Waals surface area (Å²) in [4.78, 5) is 11.6. The van der Waals surface area contributed by atoms with Crippen LogP contribution in [0.4, 0.5) is 0 Å². The smallest absolute Gasteiger partial charge is 0.234 e. The van der Waals surface area contributed by atoms with Crippen LogP contribution >= 0.6 is 28.3 Å². The van der Waals surface area contributed by atoms with E-state index in [2.05, 4.69) is 21.2 Å². The third-order valence-electron chi connectivity index (χ3n) is 3.31. The van der Waals surface area contributed by atoms with Gasteiger partial charge in [-0.05, 0) is 30.5 Å². The van der Waals surface area contributed by atoms with E-state index in [1.807, 2.05) is 24.3 Å². The van der Waals surface area contributed by atoms with Crippen molar-refractivity contribution in [1.82, 2.24) is 5.32 Å². The minimum atomic E-state index is -0.338. The lowest BCUT2D eigenvalue weighted by atomic mass is 9.82. The van der Waals surface area contributed by atoms with Gasteiger partial charge in [0.1, 0.15) is 0 Å². The molecule has 1 aromatic carbocycles. The largest absolute Gasteiger partial charge is 0.381 e. The summed E-state index contributed by atoms with van der Waals surface area (Å²) in [5.74, 6) is -0.125. The highest BCUT2D eigenvalue weighted by molar-refractivity contribution is 9.10. The average molecular weight is 350 g/mol. The Bertz CT molecular complexity index is 419. The number of benzene rings is 1. The first-order chi connectivity index (χ1) is 8.66. The molecule has 6 heteroatoms. The summed E-state index contributed by atoms with van der Waals surface area (Å²) in [6.07, 6.45) is 1.56. The molecule has 0 bridgehead atoms. The minimum absolute atomic E-state index is 0. The summed E-state index contributed by atoms with van der Waals surface area (Å²) < 4.78 is 6.42. The SMILES string of the molecule is Cl.NCC(=O)NC1(c2ccc(Br)cc2)CCOCC1. The summed E-state index contributed by atoms with van der Waals surface area (Å²) in [6, 6.07) is 8.04. The zero-order valence-corrected chi connectivity index (χ0v) is 12.9. The molecule has 0 spiro atoms. The van der Waals surface area contributed by atoms with Crippen LogP contribution in [0.5, 0.6) is 0 Å². The fourth-order valence-corrected chi connectivity index (χ4v) is 2.56. The van der Waals surface area contributed by atoms with Gasteiger partial charge in [0.05, 0.1) is 12.1 Å². The van der Waals surface area contributed by atoms with Crippen molar-refractivity contribution in [3.63, 3.8) is 0 Å². The molecule has 0 radical (unpaired) electrons. The molecule has 19 heavy (non-hydrogen) atoms. The second-order valence-electron chi connectivity index (χ2n) is 4.45. The van der Waals surface area contributed by atoms with Crippen LogP contribution in [0, 0.1) is 0 Å². The van der Waals surface area contributed by atoms with Crippen molar-refractivity contribution in [2.24, 2.45) is 5.73 Å². The Morgan fingerprint density at radius 3 is 2.42 bits per heavy atom. The molecular formula is C13H18BrClN2O2. The Hall–Kier alpha value is -0.620. The van der Waals surface area contributed by atoms with Crippen molar-refractivity contribution < 1.29 is 9.53 Å². The van der Waals surface area contributed by atoms with E-state index in [0.29, 0.717) is 13.2 Å². The number of halogens is 2. The Kier molecular flexibility index (Phi) is 6.26. The van der Waals surface area contributed by atoms with Crippen molar-refractivity contribution >= 4 is 34.2 Å². The van der Waals surface area contributed by atoms with Crippen LogP contribution < -0.4 is 11.1 Å². The molecule has 0 atom stereocenters. The normalized spacial score (nSPS) is 17.4. The van der Waals surface area contributed by atoms with Crippen molar-refractivity contribution in [1.29, 1.82) is 0 Å². The molecule has 1 aliphatic heterocycles.